The molecule has 3 aromatic carbocycles. The van der Waals surface area contributed by atoms with Gasteiger partial charge in [-0.05, 0) is 53.1 Å². The van der Waals surface area contributed by atoms with E-state index in [2.05, 4.69) is 5.32 Å². The van der Waals surface area contributed by atoms with E-state index in [0.717, 1.165) is 16.7 Å². The number of hydrogen-bond donors (Lipinski definition) is 1. The van der Waals surface area contributed by atoms with Crippen LogP contribution in [0.15, 0.2) is 60.7 Å². The Bertz CT molecular complexity index is 932. The number of nitrogens with one attached hydrogen (secondary N) is 1. The molecule has 0 radical (unpaired) electrons. The number of benzene rings is 3. The Morgan fingerprint density at radius 2 is 1.64 bits per heavy atom. The van der Waals surface area contributed by atoms with Gasteiger partial charge in [-0.1, -0.05) is 47.5 Å². The van der Waals surface area contributed by atoms with Gasteiger partial charge in [-0.3, -0.25) is 0 Å². The lowest BCUT2D eigenvalue weighted by atomic mass is 10.1. The molecular weight excluding hydrogens is 400 g/mol. The van der Waals surface area contributed by atoms with E-state index in [0.29, 0.717) is 41.2 Å². The van der Waals surface area contributed by atoms with Gasteiger partial charge in [-0.25, -0.2) is 4.39 Å². The quantitative estimate of drug-likeness (QED) is 0.484. The largest absolute Gasteiger partial charge is 0.493 e. The molecule has 3 nitrogen and oxygen atoms in total. The molecule has 0 amide bonds. The normalized spacial score (nSPS) is 10.7. The molecule has 0 atom stereocenters. The third-order valence-electron chi connectivity index (χ3n) is 4.13. The zero-order valence-corrected chi connectivity index (χ0v) is 16.9. The Morgan fingerprint density at radius 1 is 0.893 bits per heavy atom. The summed E-state index contributed by atoms with van der Waals surface area (Å²) in [4.78, 5) is 0. The van der Waals surface area contributed by atoms with Crippen LogP contribution in [0.1, 0.15) is 16.7 Å². The van der Waals surface area contributed by atoms with E-state index in [4.69, 9.17) is 32.7 Å². The molecule has 6 heteroatoms. The number of halogens is 3. The van der Waals surface area contributed by atoms with Crippen LogP contribution in [0, 0.1) is 5.82 Å². The third-order valence-corrected chi connectivity index (χ3v) is 4.65. The van der Waals surface area contributed by atoms with Gasteiger partial charge in [0.15, 0.2) is 11.5 Å². The van der Waals surface area contributed by atoms with Gasteiger partial charge in [-0.2, -0.15) is 0 Å². The Labute approximate surface area is 174 Å². The lowest BCUT2D eigenvalue weighted by molar-refractivity contribution is 0.284. The second-order valence-corrected chi connectivity index (χ2v) is 7.10. The van der Waals surface area contributed by atoms with Crippen LogP contribution in [0.5, 0.6) is 11.5 Å². The van der Waals surface area contributed by atoms with Crippen LogP contribution in [0.3, 0.4) is 0 Å². The standard InChI is InChI=1S/C22H20Cl2FNO2/c1-27-21-11-17(13-26-12-15-5-7-19(25)8-6-15)10-20(24)22(21)28-14-16-3-2-4-18(23)9-16/h2-11,26H,12-14H2,1H3. The van der Waals surface area contributed by atoms with Crippen molar-refractivity contribution in [3.05, 3.63) is 93.2 Å². The minimum absolute atomic E-state index is 0.242. The van der Waals surface area contributed by atoms with Crippen molar-refractivity contribution >= 4 is 23.2 Å². The maximum Gasteiger partial charge on any atom is 0.180 e. The monoisotopic (exact) mass is 419 g/mol. The SMILES string of the molecule is COc1cc(CNCc2ccc(F)cc2)cc(Cl)c1OCc1cccc(Cl)c1. The summed E-state index contributed by atoms with van der Waals surface area (Å²) in [5.41, 5.74) is 2.90. The topological polar surface area (TPSA) is 30.5 Å². The number of hydrogen-bond acceptors (Lipinski definition) is 3. The van der Waals surface area contributed by atoms with E-state index >= 15 is 0 Å². The summed E-state index contributed by atoms with van der Waals surface area (Å²) in [6, 6.07) is 17.6. The molecule has 0 fully saturated rings. The van der Waals surface area contributed by atoms with Crippen molar-refractivity contribution in [1.29, 1.82) is 0 Å². The first-order valence-corrected chi connectivity index (χ1v) is 9.49. The average molecular weight is 420 g/mol. The number of methoxy groups -OCH3 is 1. The van der Waals surface area contributed by atoms with Gasteiger partial charge in [0.2, 0.25) is 0 Å². The highest BCUT2D eigenvalue weighted by molar-refractivity contribution is 6.32. The van der Waals surface area contributed by atoms with E-state index in [1.165, 1.54) is 12.1 Å². The van der Waals surface area contributed by atoms with E-state index < -0.39 is 0 Å². The number of rotatable bonds is 8. The molecule has 3 aromatic rings. The van der Waals surface area contributed by atoms with Crippen LogP contribution in [-0.2, 0) is 19.7 Å². The second kappa shape index (κ2) is 9.78. The molecule has 0 spiro atoms. The lowest BCUT2D eigenvalue weighted by Crippen LogP contribution is -2.13. The molecule has 146 valence electrons. The summed E-state index contributed by atoms with van der Waals surface area (Å²) in [6.07, 6.45) is 0. The van der Waals surface area contributed by atoms with Gasteiger partial charge < -0.3 is 14.8 Å². The highest BCUT2D eigenvalue weighted by Gasteiger charge is 2.12. The summed E-state index contributed by atoms with van der Waals surface area (Å²) in [6.45, 7) is 1.54. The molecule has 3 rings (SSSR count). The Kier molecular flexibility index (Phi) is 7.15. The Balaban J connectivity index is 1.64. The van der Waals surface area contributed by atoms with E-state index in [1.807, 2.05) is 36.4 Å². The zero-order chi connectivity index (χ0) is 19.9. The van der Waals surface area contributed by atoms with Crippen molar-refractivity contribution in [2.45, 2.75) is 19.7 Å². The zero-order valence-electron chi connectivity index (χ0n) is 15.3. The third kappa shape index (κ3) is 5.61. The van der Waals surface area contributed by atoms with Crippen LogP contribution in [0.2, 0.25) is 10.0 Å². The minimum Gasteiger partial charge on any atom is -0.493 e. The van der Waals surface area contributed by atoms with Gasteiger partial charge in [0.05, 0.1) is 12.1 Å². The first-order valence-electron chi connectivity index (χ1n) is 8.74. The first-order chi connectivity index (χ1) is 13.5. The maximum absolute atomic E-state index is 13.0. The molecule has 0 saturated heterocycles. The van der Waals surface area contributed by atoms with Crippen LogP contribution in [0.4, 0.5) is 4.39 Å². The van der Waals surface area contributed by atoms with E-state index in [1.54, 1.807) is 19.2 Å². The summed E-state index contributed by atoms with van der Waals surface area (Å²) in [7, 11) is 1.58. The van der Waals surface area contributed by atoms with Crippen molar-refractivity contribution in [2.75, 3.05) is 7.11 Å². The van der Waals surface area contributed by atoms with Gasteiger partial charge in [0.25, 0.3) is 0 Å². The van der Waals surface area contributed by atoms with Crippen LogP contribution in [0.25, 0.3) is 0 Å². The Hall–Kier alpha value is -2.27. The molecule has 1 N–H and O–H groups in total. The predicted octanol–water partition coefficient (Wildman–Crippen LogP) is 6.01. The predicted molar refractivity (Wildman–Crippen MR) is 111 cm³/mol. The average Bonchev–Trinajstić information content (AvgIpc) is 2.68. The fourth-order valence-corrected chi connectivity index (χ4v) is 3.25. The maximum atomic E-state index is 13.0. The highest BCUT2D eigenvalue weighted by Crippen LogP contribution is 2.37. The molecule has 0 aliphatic rings. The van der Waals surface area contributed by atoms with Crippen LogP contribution < -0.4 is 14.8 Å². The molecule has 0 bridgehead atoms. The van der Waals surface area contributed by atoms with Crippen molar-refractivity contribution < 1.29 is 13.9 Å². The van der Waals surface area contributed by atoms with Gasteiger partial charge in [-0.15, -0.1) is 0 Å². The smallest absolute Gasteiger partial charge is 0.180 e. The van der Waals surface area contributed by atoms with Crippen molar-refractivity contribution in [3.63, 3.8) is 0 Å². The van der Waals surface area contributed by atoms with Crippen LogP contribution >= 0.6 is 23.2 Å². The fourth-order valence-electron chi connectivity index (χ4n) is 2.75. The fraction of sp³-hybridized carbons (Fsp3) is 0.182. The second-order valence-electron chi connectivity index (χ2n) is 6.26. The molecule has 0 aliphatic carbocycles. The molecule has 0 saturated carbocycles. The number of ether oxygens (including phenoxy) is 2. The summed E-state index contributed by atoms with van der Waals surface area (Å²) < 4.78 is 24.3. The van der Waals surface area contributed by atoms with Crippen molar-refractivity contribution in [3.8, 4) is 11.5 Å². The van der Waals surface area contributed by atoms with E-state index in [-0.39, 0.29) is 5.82 Å². The van der Waals surface area contributed by atoms with Gasteiger partial charge >= 0.3 is 0 Å². The molecule has 0 unspecified atom stereocenters. The highest BCUT2D eigenvalue weighted by atomic mass is 35.5. The lowest BCUT2D eigenvalue weighted by Gasteiger charge is -2.15. The first kappa shape index (κ1) is 20.5. The molecule has 0 aromatic heterocycles. The molecule has 0 heterocycles. The van der Waals surface area contributed by atoms with E-state index in [9.17, 15) is 4.39 Å². The summed E-state index contributed by atoms with van der Waals surface area (Å²) in [5.74, 6) is 0.813. The molecular formula is C22H20Cl2FNO2. The summed E-state index contributed by atoms with van der Waals surface area (Å²) >= 11 is 12.4. The van der Waals surface area contributed by atoms with Crippen molar-refractivity contribution in [1.82, 2.24) is 5.32 Å². The van der Waals surface area contributed by atoms with Crippen LogP contribution in [-0.4, -0.2) is 7.11 Å². The molecule has 0 aliphatic heterocycles. The summed E-state index contributed by atoms with van der Waals surface area (Å²) in [5, 5.41) is 4.43. The van der Waals surface area contributed by atoms with Crippen molar-refractivity contribution in [2.24, 2.45) is 0 Å². The minimum atomic E-state index is -0.242. The molecule has 28 heavy (non-hydrogen) atoms. The van der Waals surface area contributed by atoms with Gasteiger partial charge in [0.1, 0.15) is 12.4 Å². The Morgan fingerprint density at radius 3 is 2.36 bits per heavy atom. The van der Waals surface area contributed by atoms with Gasteiger partial charge in [0, 0.05) is 18.1 Å².